The minimum Gasteiger partial charge on any atom is -0.505 e. The molecule has 0 atom stereocenters. The van der Waals surface area contributed by atoms with Crippen LogP contribution in [0.5, 0.6) is 5.75 Å². The number of rotatable bonds is 3. The van der Waals surface area contributed by atoms with Crippen molar-refractivity contribution >= 4 is 5.97 Å². The van der Waals surface area contributed by atoms with Gasteiger partial charge in [-0.3, -0.25) is 4.79 Å². The first-order chi connectivity index (χ1) is 10.4. The molecule has 0 saturated carbocycles. The molecule has 0 spiro atoms. The van der Waals surface area contributed by atoms with Crippen LogP contribution in [0.1, 0.15) is 35.8 Å². The summed E-state index contributed by atoms with van der Waals surface area (Å²) in [5, 5.41) is 13.4. The Morgan fingerprint density at radius 2 is 2.09 bits per heavy atom. The lowest BCUT2D eigenvalue weighted by atomic mass is 10.0. The Morgan fingerprint density at radius 3 is 2.68 bits per heavy atom. The maximum Gasteiger partial charge on any atom is 0.362 e. The number of carbonyl (C=O) groups excluding carboxylic acids is 1. The Kier molecular flexibility index (Phi) is 4.25. The number of carbonyl (C=O) groups is 1. The van der Waals surface area contributed by atoms with E-state index >= 15 is 0 Å². The van der Waals surface area contributed by atoms with Gasteiger partial charge in [0.25, 0.3) is 5.56 Å². The molecule has 22 heavy (non-hydrogen) atoms. The molecule has 2 aromatic rings. The van der Waals surface area contributed by atoms with Gasteiger partial charge in [-0.2, -0.15) is 9.78 Å². The second kappa shape index (κ2) is 5.97. The lowest BCUT2D eigenvalue weighted by Crippen LogP contribution is -2.25. The Hall–Kier alpha value is -2.70. The molecular weight excluding hydrogens is 291 g/mol. The van der Waals surface area contributed by atoms with Gasteiger partial charge in [-0.15, -0.1) is 0 Å². The largest absolute Gasteiger partial charge is 0.505 e. The minimum atomic E-state index is -0.923. The van der Waals surface area contributed by atoms with Gasteiger partial charge in [0.1, 0.15) is 11.5 Å². The highest BCUT2D eigenvalue weighted by atomic mass is 19.1. The highest BCUT2D eigenvalue weighted by Crippen LogP contribution is 2.25. The fourth-order valence-corrected chi connectivity index (χ4v) is 2.07. The SMILES string of the molecule is COC(=O)c1nn(-c2c(F)cccc2C(C)C)c(=O)cc1O. The van der Waals surface area contributed by atoms with Crippen LogP contribution in [-0.4, -0.2) is 28.0 Å². The number of hydrogen-bond donors (Lipinski definition) is 1. The zero-order chi connectivity index (χ0) is 16.4. The van der Waals surface area contributed by atoms with E-state index in [2.05, 4.69) is 9.84 Å². The van der Waals surface area contributed by atoms with Crippen LogP contribution >= 0.6 is 0 Å². The number of esters is 1. The number of aromatic hydroxyl groups is 1. The van der Waals surface area contributed by atoms with Crippen LogP contribution in [0.2, 0.25) is 0 Å². The minimum absolute atomic E-state index is 0.0485. The van der Waals surface area contributed by atoms with Gasteiger partial charge < -0.3 is 9.84 Å². The lowest BCUT2D eigenvalue weighted by molar-refractivity contribution is 0.0587. The van der Waals surface area contributed by atoms with Crippen LogP contribution in [0.3, 0.4) is 0 Å². The van der Waals surface area contributed by atoms with E-state index in [-0.39, 0.29) is 11.6 Å². The summed E-state index contributed by atoms with van der Waals surface area (Å²) in [6.45, 7) is 3.68. The van der Waals surface area contributed by atoms with Gasteiger partial charge in [0.05, 0.1) is 7.11 Å². The highest BCUT2D eigenvalue weighted by molar-refractivity contribution is 5.89. The fraction of sp³-hybridized carbons (Fsp3) is 0.267. The van der Waals surface area contributed by atoms with Gasteiger partial charge in [0.15, 0.2) is 5.75 Å². The molecule has 6 nitrogen and oxygen atoms in total. The summed E-state index contributed by atoms with van der Waals surface area (Å²) in [5.74, 6) is -2.26. The number of halogens is 1. The van der Waals surface area contributed by atoms with E-state index in [4.69, 9.17) is 0 Å². The van der Waals surface area contributed by atoms with Gasteiger partial charge in [-0.25, -0.2) is 9.18 Å². The third kappa shape index (κ3) is 2.69. The second-order valence-corrected chi connectivity index (χ2v) is 4.95. The number of nitrogens with zero attached hydrogens (tertiary/aromatic N) is 2. The van der Waals surface area contributed by atoms with E-state index in [1.807, 2.05) is 13.8 Å². The lowest BCUT2D eigenvalue weighted by Gasteiger charge is -2.15. The van der Waals surface area contributed by atoms with Gasteiger partial charge in [0.2, 0.25) is 5.69 Å². The van der Waals surface area contributed by atoms with Crippen LogP contribution < -0.4 is 5.56 Å². The monoisotopic (exact) mass is 306 g/mol. The van der Waals surface area contributed by atoms with Crippen molar-refractivity contribution in [2.75, 3.05) is 7.11 Å². The summed E-state index contributed by atoms with van der Waals surface area (Å²) >= 11 is 0. The summed E-state index contributed by atoms with van der Waals surface area (Å²) in [6.07, 6.45) is 0. The topological polar surface area (TPSA) is 81.4 Å². The summed E-state index contributed by atoms with van der Waals surface area (Å²) in [5.41, 5.74) is -0.707. The Labute approximate surface area is 125 Å². The standard InChI is InChI=1S/C15H15FN2O4/c1-8(2)9-5-4-6-10(16)14(9)18-12(20)7-11(19)13(17-18)15(21)22-3/h4-8,19H,1-3H3. The van der Waals surface area contributed by atoms with Gasteiger partial charge in [-0.1, -0.05) is 26.0 Å². The normalized spacial score (nSPS) is 10.8. The zero-order valence-corrected chi connectivity index (χ0v) is 12.3. The molecule has 1 aromatic carbocycles. The number of aromatic nitrogens is 2. The number of benzene rings is 1. The summed E-state index contributed by atoms with van der Waals surface area (Å²) in [4.78, 5) is 23.6. The van der Waals surface area contributed by atoms with Gasteiger partial charge in [-0.05, 0) is 17.5 Å². The summed E-state index contributed by atoms with van der Waals surface area (Å²) in [7, 11) is 1.11. The van der Waals surface area contributed by atoms with E-state index in [0.29, 0.717) is 5.56 Å². The highest BCUT2D eigenvalue weighted by Gasteiger charge is 2.21. The Balaban J connectivity index is 2.79. The first-order valence-electron chi connectivity index (χ1n) is 6.57. The summed E-state index contributed by atoms with van der Waals surface area (Å²) in [6, 6.07) is 5.19. The van der Waals surface area contributed by atoms with Crippen molar-refractivity contribution in [2.45, 2.75) is 19.8 Å². The predicted octanol–water partition coefficient (Wildman–Crippen LogP) is 1.99. The molecule has 0 aliphatic heterocycles. The molecule has 116 valence electrons. The first-order valence-corrected chi connectivity index (χ1v) is 6.57. The molecule has 0 amide bonds. The van der Waals surface area contributed by atoms with Crippen LogP contribution in [-0.2, 0) is 4.74 Å². The zero-order valence-electron chi connectivity index (χ0n) is 12.3. The Morgan fingerprint density at radius 1 is 1.41 bits per heavy atom. The fourth-order valence-electron chi connectivity index (χ4n) is 2.07. The van der Waals surface area contributed by atoms with E-state index in [1.165, 1.54) is 12.1 Å². The van der Waals surface area contributed by atoms with Crippen LogP contribution in [0.4, 0.5) is 4.39 Å². The van der Waals surface area contributed by atoms with Gasteiger partial charge >= 0.3 is 5.97 Å². The maximum atomic E-state index is 14.2. The van der Waals surface area contributed by atoms with E-state index in [0.717, 1.165) is 17.9 Å². The third-order valence-electron chi connectivity index (χ3n) is 3.14. The van der Waals surface area contributed by atoms with Crippen molar-refractivity contribution in [3.8, 4) is 11.4 Å². The molecule has 0 bridgehead atoms. The molecule has 0 unspecified atom stereocenters. The molecule has 0 radical (unpaired) electrons. The second-order valence-electron chi connectivity index (χ2n) is 4.95. The molecule has 1 N–H and O–H groups in total. The van der Waals surface area contributed by atoms with Gasteiger partial charge in [0, 0.05) is 6.07 Å². The molecule has 7 heteroatoms. The molecular formula is C15H15FN2O4. The third-order valence-corrected chi connectivity index (χ3v) is 3.14. The first kappa shape index (κ1) is 15.7. The predicted molar refractivity (Wildman–Crippen MR) is 76.9 cm³/mol. The van der Waals surface area contributed by atoms with Crippen LogP contribution in [0.15, 0.2) is 29.1 Å². The molecule has 1 heterocycles. The number of hydrogen-bond acceptors (Lipinski definition) is 5. The van der Waals surface area contributed by atoms with E-state index in [1.54, 1.807) is 6.07 Å². The average molecular weight is 306 g/mol. The van der Waals surface area contributed by atoms with Crippen molar-refractivity contribution < 1.29 is 19.0 Å². The van der Waals surface area contributed by atoms with Crippen LogP contribution in [0.25, 0.3) is 5.69 Å². The molecule has 0 saturated heterocycles. The number of methoxy groups -OCH3 is 1. The maximum absolute atomic E-state index is 14.2. The molecule has 0 aliphatic rings. The number of para-hydroxylation sites is 1. The molecule has 1 aromatic heterocycles. The number of ether oxygens (including phenoxy) is 1. The van der Waals surface area contributed by atoms with Crippen LogP contribution in [0, 0.1) is 5.82 Å². The quantitative estimate of drug-likeness (QED) is 0.877. The van der Waals surface area contributed by atoms with Crippen molar-refractivity contribution in [1.29, 1.82) is 0 Å². The van der Waals surface area contributed by atoms with Crippen molar-refractivity contribution in [2.24, 2.45) is 0 Å². The molecule has 2 rings (SSSR count). The molecule has 0 aliphatic carbocycles. The molecule has 0 fully saturated rings. The van der Waals surface area contributed by atoms with Crippen molar-refractivity contribution in [1.82, 2.24) is 9.78 Å². The van der Waals surface area contributed by atoms with Crippen molar-refractivity contribution in [3.05, 3.63) is 51.7 Å². The van der Waals surface area contributed by atoms with E-state index in [9.17, 15) is 19.1 Å². The average Bonchev–Trinajstić information content (AvgIpc) is 2.47. The summed E-state index contributed by atoms with van der Waals surface area (Å²) < 4.78 is 19.5. The smallest absolute Gasteiger partial charge is 0.362 e. The van der Waals surface area contributed by atoms with E-state index < -0.39 is 28.8 Å². The van der Waals surface area contributed by atoms with Crippen molar-refractivity contribution in [3.63, 3.8) is 0 Å². The Bertz CT molecular complexity index is 784.